The summed E-state index contributed by atoms with van der Waals surface area (Å²) in [5.41, 5.74) is 2.57. The smallest absolute Gasteiger partial charge is 0.303 e. The van der Waals surface area contributed by atoms with Crippen LogP contribution in [0.2, 0.25) is 0 Å². The second-order valence-corrected chi connectivity index (χ2v) is 5.99. The Morgan fingerprint density at radius 3 is 2.43 bits per heavy atom. The normalized spacial score (nSPS) is 15.5. The molecule has 0 spiro atoms. The summed E-state index contributed by atoms with van der Waals surface area (Å²) in [5.74, 6) is -0.259. The van der Waals surface area contributed by atoms with Gasteiger partial charge in [-0.05, 0) is 42.7 Å². The summed E-state index contributed by atoms with van der Waals surface area (Å²) in [7, 11) is 0. The molecule has 0 saturated heterocycles. The van der Waals surface area contributed by atoms with Crippen LogP contribution in [-0.4, -0.2) is 23.5 Å². The van der Waals surface area contributed by atoms with Crippen molar-refractivity contribution in [2.24, 2.45) is 11.8 Å². The molecule has 0 aliphatic heterocycles. The first-order valence-corrected chi connectivity index (χ1v) is 7.62. The quantitative estimate of drug-likeness (QED) is 0.810. The van der Waals surface area contributed by atoms with Crippen LogP contribution in [0.15, 0.2) is 24.3 Å². The summed E-state index contributed by atoms with van der Waals surface area (Å²) in [6, 6.07) is 8.22. The summed E-state index contributed by atoms with van der Waals surface area (Å²) in [5, 5.41) is 11.6. The molecule has 1 unspecified atom stereocenters. The fourth-order valence-electron chi connectivity index (χ4n) is 2.84. The predicted octanol–water partition coefficient (Wildman–Crippen LogP) is 2.41. The molecule has 4 heteroatoms. The number of hydrogen-bond acceptors (Lipinski definition) is 2. The molecule has 1 aromatic carbocycles. The van der Waals surface area contributed by atoms with Crippen LogP contribution in [0.1, 0.15) is 37.3 Å². The van der Waals surface area contributed by atoms with Crippen molar-refractivity contribution in [3.8, 4) is 0 Å². The predicted molar refractivity (Wildman–Crippen MR) is 81.0 cm³/mol. The lowest BCUT2D eigenvalue weighted by molar-refractivity contribution is -0.137. The van der Waals surface area contributed by atoms with Gasteiger partial charge in [0.25, 0.3) is 0 Å². The van der Waals surface area contributed by atoms with Crippen LogP contribution in [0.5, 0.6) is 0 Å². The largest absolute Gasteiger partial charge is 0.481 e. The first kappa shape index (κ1) is 15.5. The fraction of sp³-hybridized carbons (Fsp3) is 0.529. The molecule has 1 aromatic rings. The zero-order chi connectivity index (χ0) is 15.2. The van der Waals surface area contributed by atoms with Crippen molar-refractivity contribution < 1.29 is 14.7 Å². The molecule has 0 heterocycles. The van der Waals surface area contributed by atoms with Gasteiger partial charge in [0, 0.05) is 18.9 Å². The number of benzene rings is 1. The van der Waals surface area contributed by atoms with E-state index < -0.39 is 5.97 Å². The minimum absolute atomic E-state index is 0.0525. The average Bonchev–Trinajstić information content (AvgIpc) is 2.89. The van der Waals surface area contributed by atoms with Crippen LogP contribution < -0.4 is 5.32 Å². The van der Waals surface area contributed by atoms with Gasteiger partial charge in [0.05, 0.1) is 0 Å². The number of amides is 1. The van der Waals surface area contributed by atoms with E-state index in [1.807, 2.05) is 19.1 Å². The molecular formula is C17H23NO3. The molecule has 114 valence electrons. The van der Waals surface area contributed by atoms with E-state index in [2.05, 4.69) is 17.4 Å². The van der Waals surface area contributed by atoms with E-state index in [-0.39, 0.29) is 18.2 Å². The van der Waals surface area contributed by atoms with Gasteiger partial charge in [0.1, 0.15) is 0 Å². The number of fused-ring (bicyclic) bond motifs is 1. The standard InChI is InChI=1S/C17H23NO3/c1-12(6-7-16(19)20)8-9-18-17(21)15-10-13-4-2-3-5-14(13)11-15/h2-5,12,15H,6-11H2,1H3,(H,18,21)(H,19,20). The zero-order valence-electron chi connectivity index (χ0n) is 12.5. The molecule has 1 aliphatic rings. The SMILES string of the molecule is CC(CCNC(=O)C1Cc2ccccc2C1)CCC(=O)O. The van der Waals surface area contributed by atoms with Crippen LogP contribution in [0.3, 0.4) is 0 Å². The lowest BCUT2D eigenvalue weighted by Crippen LogP contribution is -2.32. The van der Waals surface area contributed by atoms with Crippen LogP contribution in [0, 0.1) is 11.8 Å². The highest BCUT2D eigenvalue weighted by Gasteiger charge is 2.26. The van der Waals surface area contributed by atoms with Crippen molar-refractivity contribution in [1.29, 1.82) is 0 Å². The number of carboxylic acid groups (broad SMARTS) is 1. The van der Waals surface area contributed by atoms with Gasteiger partial charge in [-0.25, -0.2) is 0 Å². The second-order valence-electron chi connectivity index (χ2n) is 5.99. The van der Waals surface area contributed by atoms with Crippen molar-refractivity contribution in [2.45, 2.75) is 39.0 Å². The van der Waals surface area contributed by atoms with Gasteiger partial charge in [0.2, 0.25) is 5.91 Å². The first-order valence-electron chi connectivity index (χ1n) is 7.62. The Morgan fingerprint density at radius 1 is 1.24 bits per heavy atom. The highest BCUT2D eigenvalue weighted by Crippen LogP contribution is 2.26. The monoisotopic (exact) mass is 289 g/mol. The topological polar surface area (TPSA) is 66.4 Å². The van der Waals surface area contributed by atoms with Gasteiger partial charge >= 0.3 is 5.97 Å². The molecule has 1 atom stereocenters. The van der Waals surface area contributed by atoms with Crippen LogP contribution >= 0.6 is 0 Å². The molecule has 0 saturated carbocycles. The van der Waals surface area contributed by atoms with Gasteiger partial charge in [-0.1, -0.05) is 31.2 Å². The van der Waals surface area contributed by atoms with E-state index in [1.165, 1.54) is 11.1 Å². The molecule has 1 amide bonds. The fourth-order valence-corrected chi connectivity index (χ4v) is 2.84. The Kier molecular flexibility index (Phi) is 5.37. The van der Waals surface area contributed by atoms with Crippen LogP contribution in [0.25, 0.3) is 0 Å². The summed E-state index contributed by atoms with van der Waals surface area (Å²) in [4.78, 5) is 22.7. The van der Waals surface area contributed by atoms with Gasteiger partial charge in [-0.15, -0.1) is 0 Å². The molecular weight excluding hydrogens is 266 g/mol. The van der Waals surface area contributed by atoms with Crippen molar-refractivity contribution in [2.75, 3.05) is 6.54 Å². The molecule has 0 fully saturated rings. The zero-order valence-corrected chi connectivity index (χ0v) is 12.5. The minimum atomic E-state index is -0.755. The van der Waals surface area contributed by atoms with Crippen LogP contribution in [-0.2, 0) is 22.4 Å². The van der Waals surface area contributed by atoms with E-state index in [1.54, 1.807) is 0 Å². The third-order valence-corrected chi connectivity index (χ3v) is 4.21. The Balaban J connectivity index is 1.68. The van der Waals surface area contributed by atoms with Crippen LogP contribution in [0.4, 0.5) is 0 Å². The molecule has 2 rings (SSSR count). The third kappa shape index (κ3) is 4.59. The number of carbonyl (C=O) groups is 2. The number of carbonyl (C=O) groups excluding carboxylic acids is 1. The van der Waals surface area contributed by atoms with E-state index in [0.29, 0.717) is 18.9 Å². The van der Waals surface area contributed by atoms with E-state index in [0.717, 1.165) is 19.3 Å². The molecule has 0 radical (unpaired) electrons. The second kappa shape index (κ2) is 7.25. The number of hydrogen-bond donors (Lipinski definition) is 2. The lowest BCUT2D eigenvalue weighted by Gasteiger charge is -2.13. The van der Waals surface area contributed by atoms with Crippen molar-refractivity contribution in [3.63, 3.8) is 0 Å². The summed E-state index contributed by atoms with van der Waals surface area (Å²) in [6.45, 7) is 2.66. The highest BCUT2D eigenvalue weighted by molar-refractivity contribution is 5.80. The molecule has 0 bridgehead atoms. The van der Waals surface area contributed by atoms with Crippen molar-refractivity contribution in [1.82, 2.24) is 5.32 Å². The molecule has 21 heavy (non-hydrogen) atoms. The Labute approximate surface area is 125 Å². The number of rotatable bonds is 7. The van der Waals surface area contributed by atoms with Crippen molar-refractivity contribution in [3.05, 3.63) is 35.4 Å². The van der Waals surface area contributed by atoms with E-state index in [4.69, 9.17) is 5.11 Å². The highest BCUT2D eigenvalue weighted by atomic mass is 16.4. The molecule has 1 aliphatic carbocycles. The van der Waals surface area contributed by atoms with Crippen molar-refractivity contribution >= 4 is 11.9 Å². The summed E-state index contributed by atoms with van der Waals surface area (Å²) in [6.07, 6.45) is 3.36. The minimum Gasteiger partial charge on any atom is -0.481 e. The Morgan fingerprint density at radius 2 is 1.86 bits per heavy atom. The first-order chi connectivity index (χ1) is 10.1. The maximum Gasteiger partial charge on any atom is 0.303 e. The Bertz CT molecular complexity index is 488. The number of nitrogens with one attached hydrogen (secondary N) is 1. The number of carboxylic acids is 1. The van der Waals surface area contributed by atoms with Gasteiger partial charge < -0.3 is 10.4 Å². The molecule has 2 N–H and O–H groups in total. The van der Waals surface area contributed by atoms with E-state index in [9.17, 15) is 9.59 Å². The Hall–Kier alpha value is -1.84. The molecule has 0 aromatic heterocycles. The van der Waals surface area contributed by atoms with Gasteiger partial charge in [-0.3, -0.25) is 9.59 Å². The van der Waals surface area contributed by atoms with E-state index >= 15 is 0 Å². The lowest BCUT2D eigenvalue weighted by atomic mass is 10.0. The van der Waals surface area contributed by atoms with Gasteiger partial charge in [0.15, 0.2) is 0 Å². The maximum absolute atomic E-state index is 12.2. The third-order valence-electron chi connectivity index (χ3n) is 4.21. The van der Waals surface area contributed by atoms with Gasteiger partial charge in [-0.2, -0.15) is 0 Å². The maximum atomic E-state index is 12.2. The number of aliphatic carboxylic acids is 1. The molecule has 4 nitrogen and oxygen atoms in total. The summed E-state index contributed by atoms with van der Waals surface area (Å²) < 4.78 is 0. The average molecular weight is 289 g/mol. The summed E-state index contributed by atoms with van der Waals surface area (Å²) >= 11 is 0.